The van der Waals surface area contributed by atoms with Gasteiger partial charge in [0.1, 0.15) is 5.75 Å². The number of aryl methyl sites for hydroxylation is 2. The molecule has 0 amide bonds. The van der Waals surface area contributed by atoms with Crippen molar-refractivity contribution in [3.05, 3.63) is 58.7 Å². The molecule has 0 aliphatic carbocycles. The molecule has 0 fully saturated rings. The molecule has 2 aromatic rings. The Hall–Kier alpha value is -2.09. The molecule has 0 bridgehead atoms. The largest absolute Gasteiger partial charge is 0.508 e. The van der Waals surface area contributed by atoms with Crippen LogP contribution >= 0.6 is 0 Å². The summed E-state index contributed by atoms with van der Waals surface area (Å²) in [4.78, 5) is 4.85. The standard InChI is InChI=1S/C29H43NO/c1-5-7-8-9-10-11-12-13-15-26(14-6-2)28-21-27(31)16-17-29(28)30-22-25-19-23(3)18-24(4)20-25/h16-22,26,31H,5-15H2,1-4H3. The van der Waals surface area contributed by atoms with Crippen molar-refractivity contribution in [1.29, 1.82) is 0 Å². The smallest absolute Gasteiger partial charge is 0.116 e. The van der Waals surface area contributed by atoms with Crippen molar-refractivity contribution >= 4 is 11.9 Å². The van der Waals surface area contributed by atoms with Crippen LogP contribution < -0.4 is 0 Å². The van der Waals surface area contributed by atoms with E-state index in [0.29, 0.717) is 11.7 Å². The maximum atomic E-state index is 10.2. The van der Waals surface area contributed by atoms with E-state index >= 15 is 0 Å². The molecule has 0 saturated carbocycles. The molecular formula is C29H43NO. The molecule has 0 aliphatic rings. The molecule has 1 atom stereocenters. The lowest BCUT2D eigenvalue weighted by Gasteiger charge is -2.19. The average molecular weight is 422 g/mol. The van der Waals surface area contributed by atoms with Gasteiger partial charge in [0.2, 0.25) is 0 Å². The maximum Gasteiger partial charge on any atom is 0.116 e. The summed E-state index contributed by atoms with van der Waals surface area (Å²) in [5.41, 5.74) is 5.84. The minimum Gasteiger partial charge on any atom is -0.508 e. The van der Waals surface area contributed by atoms with E-state index in [2.05, 4.69) is 45.9 Å². The minimum atomic E-state index is 0.345. The monoisotopic (exact) mass is 421 g/mol. The fourth-order valence-electron chi connectivity index (χ4n) is 4.54. The van der Waals surface area contributed by atoms with Crippen molar-refractivity contribution in [1.82, 2.24) is 0 Å². The van der Waals surface area contributed by atoms with Gasteiger partial charge in [0.15, 0.2) is 0 Å². The second kappa shape index (κ2) is 14.1. The zero-order valence-corrected chi connectivity index (χ0v) is 20.3. The van der Waals surface area contributed by atoms with Crippen molar-refractivity contribution in [2.45, 2.75) is 104 Å². The number of rotatable bonds is 14. The summed E-state index contributed by atoms with van der Waals surface area (Å²) in [7, 11) is 0. The predicted molar refractivity (Wildman–Crippen MR) is 136 cm³/mol. The maximum absolute atomic E-state index is 10.2. The fourth-order valence-corrected chi connectivity index (χ4v) is 4.54. The van der Waals surface area contributed by atoms with E-state index < -0.39 is 0 Å². The second-order valence-electron chi connectivity index (χ2n) is 9.17. The third kappa shape index (κ3) is 9.29. The third-order valence-electron chi connectivity index (χ3n) is 6.09. The second-order valence-corrected chi connectivity index (χ2v) is 9.17. The Balaban J connectivity index is 2.04. The first-order valence-electron chi connectivity index (χ1n) is 12.5. The molecule has 0 spiro atoms. The number of hydrogen-bond acceptors (Lipinski definition) is 2. The summed E-state index contributed by atoms with van der Waals surface area (Å²) in [6.45, 7) is 8.77. The van der Waals surface area contributed by atoms with Gasteiger partial charge in [-0.05, 0) is 61.9 Å². The molecule has 0 aromatic heterocycles. The Morgan fingerprint density at radius 1 is 0.774 bits per heavy atom. The van der Waals surface area contributed by atoms with Gasteiger partial charge >= 0.3 is 0 Å². The van der Waals surface area contributed by atoms with Gasteiger partial charge in [-0.15, -0.1) is 0 Å². The lowest BCUT2D eigenvalue weighted by atomic mass is 9.88. The normalized spacial score (nSPS) is 12.5. The van der Waals surface area contributed by atoms with Crippen molar-refractivity contribution < 1.29 is 5.11 Å². The Morgan fingerprint density at radius 3 is 2.06 bits per heavy atom. The number of nitrogens with zero attached hydrogens (tertiary/aromatic N) is 1. The van der Waals surface area contributed by atoms with Crippen molar-refractivity contribution in [3.63, 3.8) is 0 Å². The van der Waals surface area contributed by atoms with Crippen LogP contribution in [-0.4, -0.2) is 11.3 Å². The topological polar surface area (TPSA) is 32.6 Å². The molecule has 2 nitrogen and oxygen atoms in total. The lowest BCUT2D eigenvalue weighted by Crippen LogP contribution is -2.00. The van der Waals surface area contributed by atoms with Gasteiger partial charge in [0, 0.05) is 6.21 Å². The van der Waals surface area contributed by atoms with Gasteiger partial charge in [-0.25, -0.2) is 0 Å². The highest BCUT2D eigenvalue weighted by atomic mass is 16.3. The van der Waals surface area contributed by atoms with Crippen molar-refractivity contribution in [3.8, 4) is 5.75 Å². The van der Waals surface area contributed by atoms with Gasteiger partial charge in [0.05, 0.1) is 5.69 Å². The van der Waals surface area contributed by atoms with Crippen molar-refractivity contribution in [2.24, 2.45) is 4.99 Å². The summed E-state index contributed by atoms with van der Waals surface area (Å²) in [6.07, 6.45) is 16.2. The zero-order chi connectivity index (χ0) is 22.5. The van der Waals surface area contributed by atoms with E-state index in [9.17, 15) is 5.11 Å². The average Bonchev–Trinajstić information content (AvgIpc) is 2.73. The minimum absolute atomic E-state index is 0.345. The van der Waals surface area contributed by atoms with E-state index in [1.165, 1.54) is 74.5 Å². The van der Waals surface area contributed by atoms with E-state index in [4.69, 9.17) is 4.99 Å². The highest BCUT2D eigenvalue weighted by Gasteiger charge is 2.15. The summed E-state index contributed by atoms with van der Waals surface area (Å²) >= 11 is 0. The molecule has 170 valence electrons. The number of aromatic hydroxyl groups is 1. The molecule has 0 saturated heterocycles. The van der Waals surface area contributed by atoms with Gasteiger partial charge in [0.25, 0.3) is 0 Å². The van der Waals surface area contributed by atoms with Crippen LogP contribution in [0, 0.1) is 13.8 Å². The van der Waals surface area contributed by atoms with Crippen LogP contribution in [0.15, 0.2) is 41.4 Å². The van der Waals surface area contributed by atoms with Gasteiger partial charge in [-0.3, -0.25) is 4.99 Å². The molecule has 2 aromatic carbocycles. The molecule has 1 N–H and O–H groups in total. The lowest BCUT2D eigenvalue weighted by molar-refractivity contribution is 0.470. The van der Waals surface area contributed by atoms with Gasteiger partial charge in [-0.2, -0.15) is 0 Å². The molecule has 31 heavy (non-hydrogen) atoms. The molecule has 1 unspecified atom stereocenters. The first kappa shape index (κ1) is 25.2. The number of phenolic OH excluding ortho intramolecular Hbond substituents is 1. The molecule has 0 aliphatic heterocycles. The van der Waals surface area contributed by atoms with Gasteiger partial charge < -0.3 is 5.11 Å². The highest BCUT2D eigenvalue weighted by Crippen LogP contribution is 2.36. The van der Waals surface area contributed by atoms with Crippen LogP contribution in [0.3, 0.4) is 0 Å². The summed E-state index contributed by atoms with van der Waals surface area (Å²) in [5, 5.41) is 10.2. The molecule has 2 rings (SSSR count). The quantitative estimate of drug-likeness (QED) is 0.239. The number of phenols is 1. The Labute approximate surface area is 190 Å². The number of benzene rings is 2. The predicted octanol–water partition coefficient (Wildman–Crippen LogP) is 9.17. The summed E-state index contributed by atoms with van der Waals surface area (Å²) in [6, 6.07) is 12.2. The van der Waals surface area contributed by atoms with Crippen LogP contribution in [0.5, 0.6) is 5.75 Å². The Morgan fingerprint density at radius 2 is 1.42 bits per heavy atom. The number of hydrogen-bond donors (Lipinski definition) is 1. The summed E-state index contributed by atoms with van der Waals surface area (Å²) < 4.78 is 0. The zero-order valence-electron chi connectivity index (χ0n) is 20.3. The van der Waals surface area contributed by atoms with Crippen LogP contribution in [-0.2, 0) is 0 Å². The van der Waals surface area contributed by atoms with Crippen LogP contribution in [0.1, 0.15) is 113 Å². The number of aliphatic imine (C=N–C) groups is 1. The summed E-state index contributed by atoms with van der Waals surface area (Å²) in [5.74, 6) is 0.806. The van der Waals surface area contributed by atoms with E-state index in [0.717, 1.165) is 24.1 Å². The van der Waals surface area contributed by atoms with Gasteiger partial charge in [-0.1, -0.05) is 101 Å². The van der Waals surface area contributed by atoms with E-state index in [1.807, 2.05) is 18.3 Å². The van der Waals surface area contributed by atoms with Crippen LogP contribution in [0.2, 0.25) is 0 Å². The molecular weight excluding hydrogens is 378 g/mol. The van der Waals surface area contributed by atoms with E-state index in [1.54, 1.807) is 6.07 Å². The first-order chi connectivity index (χ1) is 15.0. The number of unbranched alkanes of at least 4 members (excludes halogenated alkanes) is 7. The van der Waals surface area contributed by atoms with Crippen LogP contribution in [0.25, 0.3) is 0 Å². The van der Waals surface area contributed by atoms with E-state index in [-0.39, 0.29) is 0 Å². The molecule has 0 radical (unpaired) electrons. The Kier molecular flexibility index (Phi) is 11.4. The molecule has 0 heterocycles. The molecule has 2 heteroatoms. The Bertz CT molecular complexity index is 788. The van der Waals surface area contributed by atoms with Crippen molar-refractivity contribution in [2.75, 3.05) is 0 Å². The highest BCUT2D eigenvalue weighted by molar-refractivity contribution is 5.83. The fraction of sp³-hybridized carbons (Fsp3) is 0.552. The van der Waals surface area contributed by atoms with Crippen LogP contribution in [0.4, 0.5) is 5.69 Å². The SMILES string of the molecule is CCCCCCCCCCC(CCC)c1cc(O)ccc1N=Cc1cc(C)cc(C)c1. The third-order valence-corrected chi connectivity index (χ3v) is 6.09. The first-order valence-corrected chi connectivity index (χ1v) is 12.5.